The number of carbonyl (C=O) groups is 1. The maximum atomic E-state index is 11.3. The van der Waals surface area contributed by atoms with Crippen molar-refractivity contribution in [3.05, 3.63) is 17.7 Å². The van der Waals surface area contributed by atoms with E-state index in [0.717, 1.165) is 21.8 Å². The summed E-state index contributed by atoms with van der Waals surface area (Å²) < 4.78 is 0. The second-order valence-electron chi connectivity index (χ2n) is 4.84. The molecule has 1 aromatic rings. The number of hydrogen-bond acceptors (Lipinski definition) is 3. The van der Waals surface area contributed by atoms with Crippen LogP contribution in [0.3, 0.4) is 0 Å². The number of anilines is 2. The zero-order chi connectivity index (χ0) is 12.6. The van der Waals surface area contributed by atoms with Gasteiger partial charge in [-0.3, -0.25) is 4.79 Å². The van der Waals surface area contributed by atoms with Crippen molar-refractivity contribution in [2.45, 2.75) is 37.3 Å². The van der Waals surface area contributed by atoms with Crippen molar-refractivity contribution < 1.29 is 4.79 Å². The molecule has 3 N–H and O–H groups in total. The number of fused-ring (bicyclic) bond motifs is 1. The lowest BCUT2D eigenvalue weighted by atomic mass is 10.1. The molecule has 1 aliphatic heterocycles. The standard InChI is InChI=1S/C13H18N2OS/c1-7(2)8(3)17-12-6-11-9(4-10(12)14)5-13(16)15-11/h4,6-8H,5,14H2,1-3H3,(H,15,16). The van der Waals surface area contributed by atoms with Crippen LogP contribution in [0.5, 0.6) is 0 Å². The molecule has 0 fully saturated rings. The second-order valence-corrected chi connectivity index (χ2v) is 6.26. The number of nitrogens with one attached hydrogen (secondary N) is 1. The fraction of sp³-hybridized carbons (Fsp3) is 0.462. The van der Waals surface area contributed by atoms with E-state index in [1.807, 2.05) is 12.1 Å². The predicted octanol–water partition coefficient (Wildman–Crippen LogP) is 2.90. The molecule has 0 aromatic heterocycles. The molecule has 0 radical (unpaired) electrons. The molecule has 0 aliphatic carbocycles. The smallest absolute Gasteiger partial charge is 0.228 e. The van der Waals surface area contributed by atoms with Crippen LogP contribution in [0.25, 0.3) is 0 Å². The first-order valence-corrected chi connectivity index (χ1v) is 6.74. The highest BCUT2D eigenvalue weighted by atomic mass is 32.2. The van der Waals surface area contributed by atoms with E-state index in [4.69, 9.17) is 5.73 Å². The van der Waals surface area contributed by atoms with Crippen LogP contribution in [-0.2, 0) is 11.2 Å². The van der Waals surface area contributed by atoms with Crippen LogP contribution >= 0.6 is 11.8 Å². The molecule has 1 aliphatic rings. The Labute approximate surface area is 106 Å². The number of benzene rings is 1. The lowest BCUT2D eigenvalue weighted by Gasteiger charge is -2.17. The molecule has 1 atom stereocenters. The number of carbonyl (C=O) groups excluding carboxylic acids is 1. The van der Waals surface area contributed by atoms with Crippen molar-refractivity contribution >= 4 is 29.0 Å². The molecule has 17 heavy (non-hydrogen) atoms. The summed E-state index contributed by atoms with van der Waals surface area (Å²) >= 11 is 1.77. The van der Waals surface area contributed by atoms with Crippen LogP contribution in [-0.4, -0.2) is 11.2 Å². The maximum absolute atomic E-state index is 11.3. The Hall–Kier alpha value is -1.16. The van der Waals surface area contributed by atoms with Crippen LogP contribution in [0.15, 0.2) is 17.0 Å². The summed E-state index contributed by atoms with van der Waals surface area (Å²) in [5.74, 6) is 0.653. The van der Waals surface area contributed by atoms with Gasteiger partial charge in [-0.05, 0) is 23.6 Å². The fourth-order valence-corrected chi connectivity index (χ4v) is 2.77. The lowest BCUT2D eigenvalue weighted by Crippen LogP contribution is -2.06. The van der Waals surface area contributed by atoms with E-state index in [1.165, 1.54) is 0 Å². The molecule has 0 bridgehead atoms. The molecule has 0 spiro atoms. The van der Waals surface area contributed by atoms with Gasteiger partial charge in [0.2, 0.25) is 5.91 Å². The molecule has 1 aromatic carbocycles. The van der Waals surface area contributed by atoms with Gasteiger partial charge in [0.15, 0.2) is 0 Å². The van der Waals surface area contributed by atoms with Gasteiger partial charge in [-0.25, -0.2) is 0 Å². The van der Waals surface area contributed by atoms with E-state index < -0.39 is 0 Å². The molecule has 1 unspecified atom stereocenters. The lowest BCUT2D eigenvalue weighted by molar-refractivity contribution is -0.115. The normalized spacial score (nSPS) is 15.9. The van der Waals surface area contributed by atoms with Crippen LogP contribution in [0.2, 0.25) is 0 Å². The quantitative estimate of drug-likeness (QED) is 0.640. The Balaban J connectivity index is 2.25. The van der Waals surface area contributed by atoms with E-state index in [2.05, 4.69) is 26.1 Å². The van der Waals surface area contributed by atoms with Gasteiger partial charge < -0.3 is 11.1 Å². The van der Waals surface area contributed by atoms with Crippen molar-refractivity contribution in [2.24, 2.45) is 5.92 Å². The average molecular weight is 250 g/mol. The van der Waals surface area contributed by atoms with E-state index in [0.29, 0.717) is 17.6 Å². The van der Waals surface area contributed by atoms with E-state index in [9.17, 15) is 4.79 Å². The van der Waals surface area contributed by atoms with Crippen LogP contribution < -0.4 is 11.1 Å². The first kappa shape index (κ1) is 12.3. The minimum Gasteiger partial charge on any atom is -0.398 e. The highest BCUT2D eigenvalue weighted by Crippen LogP contribution is 2.37. The Bertz CT molecular complexity index is 457. The molecule has 4 heteroatoms. The third-order valence-electron chi connectivity index (χ3n) is 3.11. The summed E-state index contributed by atoms with van der Waals surface area (Å²) in [7, 11) is 0. The monoisotopic (exact) mass is 250 g/mol. The summed E-state index contributed by atoms with van der Waals surface area (Å²) in [5, 5.41) is 3.37. The number of hydrogen-bond donors (Lipinski definition) is 2. The summed E-state index contributed by atoms with van der Waals surface area (Å²) in [5.41, 5.74) is 8.73. The van der Waals surface area contributed by atoms with Gasteiger partial charge in [0.25, 0.3) is 0 Å². The molecular formula is C13H18N2OS. The Kier molecular flexibility index (Phi) is 3.33. The molecule has 0 saturated heterocycles. The number of rotatable bonds is 3. The number of thioether (sulfide) groups is 1. The SMILES string of the molecule is CC(C)C(C)Sc1cc2c(cc1N)CC(=O)N2. The van der Waals surface area contributed by atoms with Crippen LogP contribution in [0.1, 0.15) is 26.3 Å². The molecule has 2 rings (SSSR count). The summed E-state index contributed by atoms with van der Waals surface area (Å²) in [6.07, 6.45) is 0.449. The van der Waals surface area contributed by atoms with E-state index in [-0.39, 0.29) is 5.91 Å². The number of nitrogen functional groups attached to an aromatic ring is 1. The Morgan fingerprint density at radius 2 is 2.06 bits per heavy atom. The first-order valence-electron chi connectivity index (χ1n) is 5.86. The van der Waals surface area contributed by atoms with E-state index in [1.54, 1.807) is 11.8 Å². The van der Waals surface area contributed by atoms with E-state index >= 15 is 0 Å². The zero-order valence-corrected chi connectivity index (χ0v) is 11.2. The third kappa shape index (κ3) is 2.57. The van der Waals surface area contributed by atoms with Gasteiger partial charge in [0.05, 0.1) is 6.42 Å². The highest BCUT2D eigenvalue weighted by molar-refractivity contribution is 8.00. The van der Waals surface area contributed by atoms with Crippen molar-refractivity contribution in [3.63, 3.8) is 0 Å². The molecule has 1 amide bonds. The number of amides is 1. The van der Waals surface area contributed by atoms with Crippen molar-refractivity contribution in [1.82, 2.24) is 0 Å². The largest absolute Gasteiger partial charge is 0.398 e. The molecule has 92 valence electrons. The first-order chi connectivity index (χ1) is 7.97. The van der Waals surface area contributed by atoms with Gasteiger partial charge in [-0.1, -0.05) is 20.8 Å². The minimum atomic E-state index is 0.0541. The van der Waals surface area contributed by atoms with Crippen molar-refractivity contribution in [1.29, 1.82) is 0 Å². The Morgan fingerprint density at radius 1 is 1.35 bits per heavy atom. The van der Waals surface area contributed by atoms with Crippen molar-refractivity contribution in [2.75, 3.05) is 11.1 Å². The second kappa shape index (κ2) is 4.61. The molecule has 1 heterocycles. The summed E-state index contributed by atoms with van der Waals surface area (Å²) in [6.45, 7) is 6.59. The fourth-order valence-electron chi connectivity index (χ4n) is 1.71. The van der Waals surface area contributed by atoms with Gasteiger partial charge in [-0.2, -0.15) is 0 Å². The molecule has 3 nitrogen and oxygen atoms in total. The zero-order valence-electron chi connectivity index (χ0n) is 10.4. The average Bonchev–Trinajstić information content (AvgIpc) is 2.57. The Morgan fingerprint density at radius 3 is 2.71 bits per heavy atom. The molecule has 0 saturated carbocycles. The third-order valence-corrected chi connectivity index (χ3v) is 4.64. The minimum absolute atomic E-state index is 0.0541. The van der Waals surface area contributed by atoms with Crippen LogP contribution in [0.4, 0.5) is 11.4 Å². The summed E-state index contributed by atoms with van der Waals surface area (Å²) in [6, 6.07) is 3.92. The van der Waals surface area contributed by atoms with Gasteiger partial charge in [-0.15, -0.1) is 11.8 Å². The van der Waals surface area contributed by atoms with Gasteiger partial charge in [0, 0.05) is 21.5 Å². The molecular weight excluding hydrogens is 232 g/mol. The number of nitrogens with two attached hydrogens (primary N) is 1. The van der Waals surface area contributed by atoms with Gasteiger partial charge >= 0.3 is 0 Å². The van der Waals surface area contributed by atoms with Gasteiger partial charge in [0.1, 0.15) is 0 Å². The maximum Gasteiger partial charge on any atom is 0.228 e. The summed E-state index contributed by atoms with van der Waals surface area (Å²) in [4.78, 5) is 12.4. The topological polar surface area (TPSA) is 55.1 Å². The highest BCUT2D eigenvalue weighted by Gasteiger charge is 2.20. The van der Waals surface area contributed by atoms with Crippen molar-refractivity contribution in [3.8, 4) is 0 Å². The van der Waals surface area contributed by atoms with Crippen LogP contribution in [0, 0.1) is 5.92 Å². The predicted molar refractivity (Wildman–Crippen MR) is 73.3 cm³/mol.